The first-order valence-electron chi connectivity index (χ1n) is 2.89. The Hall–Kier alpha value is -0.770. The van der Waals surface area contributed by atoms with Crippen LogP contribution in [0.2, 0.25) is 5.15 Å². The average Bonchev–Trinajstić information content (AvgIpc) is 1.85. The zero-order chi connectivity index (χ0) is 8.43. The molecule has 60 valence electrons. The summed E-state index contributed by atoms with van der Waals surface area (Å²) in [6.45, 7) is 1.51. The largest absolute Gasteiger partial charge is 0.280 e. The van der Waals surface area contributed by atoms with Gasteiger partial charge in [0.05, 0.1) is 0 Å². The molecule has 0 aliphatic rings. The van der Waals surface area contributed by atoms with Gasteiger partial charge in [0.1, 0.15) is 16.7 Å². The lowest BCUT2D eigenvalue weighted by Gasteiger charge is -1.99. The summed E-state index contributed by atoms with van der Waals surface area (Å²) in [7, 11) is 0. The summed E-state index contributed by atoms with van der Waals surface area (Å²) in [5, 5.41) is 0.0489. The highest BCUT2D eigenvalue weighted by Gasteiger charge is 2.10. The lowest BCUT2D eigenvalue weighted by atomic mass is 10.4. The van der Waals surface area contributed by atoms with Crippen LogP contribution in [0, 0.1) is 6.92 Å². The second kappa shape index (κ2) is 3.09. The molecule has 1 aromatic heterocycles. The van der Waals surface area contributed by atoms with E-state index in [1.165, 1.54) is 6.92 Å². The molecule has 5 heteroatoms. The molecule has 0 saturated carbocycles. The zero-order valence-electron chi connectivity index (χ0n) is 5.68. The third kappa shape index (κ3) is 2.08. The molecule has 0 amide bonds. The molecule has 1 rings (SSSR count). The number of rotatable bonds is 1. The number of aromatic nitrogens is 2. The van der Waals surface area contributed by atoms with Crippen molar-refractivity contribution in [2.75, 3.05) is 0 Å². The molecule has 0 aliphatic carbocycles. The maximum absolute atomic E-state index is 12.0. The van der Waals surface area contributed by atoms with E-state index < -0.39 is 6.43 Å². The van der Waals surface area contributed by atoms with Gasteiger partial charge in [-0.15, -0.1) is 0 Å². The van der Waals surface area contributed by atoms with Crippen LogP contribution in [0.5, 0.6) is 0 Å². The minimum absolute atomic E-state index is 0.0489. The van der Waals surface area contributed by atoms with Crippen molar-refractivity contribution in [1.82, 2.24) is 9.97 Å². The molecule has 0 fully saturated rings. The van der Waals surface area contributed by atoms with Gasteiger partial charge in [-0.2, -0.15) is 0 Å². The number of hydrogen-bond acceptors (Lipinski definition) is 2. The first-order valence-corrected chi connectivity index (χ1v) is 3.26. The maximum atomic E-state index is 12.0. The molecular weight excluding hydrogens is 174 g/mol. The van der Waals surface area contributed by atoms with Crippen molar-refractivity contribution in [2.45, 2.75) is 13.3 Å². The van der Waals surface area contributed by atoms with Gasteiger partial charge in [-0.25, -0.2) is 18.7 Å². The fraction of sp³-hybridized carbons (Fsp3) is 0.333. The Labute approximate surface area is 67.2 Å². The van der Waals surface area contributed by atoms with Gasteiger partial charge in [0.2, 0.25) is 0 Å². The Kier molecular flexibility index (Phi) is 2.34. The third-order valence-electron chi connectivity index (χ3n) is 1.05. The van der Waals surface area contributed by atoms with Gasteiger partial charge in [0.25, 0.3) is 6.43 Å². The minimum atomic E-state index is -2.59. The van der Waals surface area contributed by atoms with Crippen LogP contribution in [0.25, 0.3) is 0 Å². The summed E-state index contributed by atoms with van der Waals surface area (Å²) in [5.74, 6) is 0.257. The maximum Gasteiger partial charge on any atom is 0.280 e. The molecule has 11 heavy (non-hydrogen) atoms. The molecule has 2 nitrogen and oxygen atoms in total. The lowest BCUT2D eigenvalue weighted by Crippen LogP contribution is -1.95. The van der Waals surface area contributed by atoms with Crippen molar-refractivity contribution in [2.24, 2.45) is 0 Å². The van der Waals surface area contributed by atoms with Gasteiger partial charge in [0.15, 0.2) is 0 Å². The normalized spacial score (nSPS) is 10.6. The van der Waals surface area contributed by atoms with E-state index in [1.54, 1.807) is 0 Å². The van der Waals surface area contributed by atoms with Crippen LogP contribution < -0.4 is 0 Å². The van der Waals surface area contributed by atoms with Crippen LogP contribution in [0.3, 0.4) is 0 Å². The predicted molar refractivity (Wildman–Crippen MR) is 36.7 cm³/mol. The van der Waals surface area contributed by atoms with Crippen LogP contribution in [0.15, 0.2) is 6.07 Å². The molecule has 0 atom stereocenters. The molecule has 0 bridgehead atoms. The highest BCUT2D eigenvalue weighted by molar-refractivity contribution is 6.29. The summed E-state index contributed by atoms with van der Waals surface area (Å²) >= 11 is 5.41. The summed E-state index contributed by atoms with van der Waals surface area (Å²) in [6.07, 6.45) is -2.59. The average molecular weight is 179 g/mol. The Morgan fingerprint density at radius 1 is 1.45 bits per heavy atom. The first kappa shape index (κ1) is 8.33. The second-order valence-electron chi connectivity index (χ2n) is 1.96. The molecule has 0 saturated heterocycles. The standard InChI is InChI=1S/C6H5ClF2N2/c1-3-10-4(6(8)9)2-5(7)11-3/h2,6H,1H3. The Balaban J connectivity index is 3.08. The van der Waals surface area contributed by atoms with Crippen molar-refractivity contribution in [3.8, 4) is 0 Å². The highest BCUT2D eigenvalue weighted by atomic mass is 35.5. The number of halogens is 3. The molecule has 0 N–H and O–H groups in total. The summed E-state index contributed by atoms with van der Waals surface area (Å²) < 4.78 is 24.0. The van der Waals surface area contributed by atoms with E-state index in [2.05, 4.69) is 9.97 Å². The third-order valence-corrected chi connectivity index (χ3v) is 1.24. The quantitative estimate of drug-likeness (QED) is 0.617. The zero-order valence-corrected chi connectivity index (χ0v) is 6.44. The molecular formula is C6H5ClF2N2. The van der Waals surface area contributed by atoms with Gasteiger partial charge in [-0.1, -0.05) is 11.6 Å². The SMILES string of the molecule is Cc1nc(Cl)cc(C(F)F)n1. The molecule has 0 radical (unpaired) electrons. The van der Waals surface area contributed by atoms with E-state index in [0.717, 1.165) is 6.07 Å². The van der Waals surface area contributed by atoms with Crippen LogP contribution >= 0.6 is 11.6 Å². The fourth-order valence-electron chi connectivity index (χ4n) is 0.665. The summed E-state index contributed by atoms with van der Waals surface area (Å²) in [6, 6.07) is 1.05. The van der Waals surface area contributed by atoms with Crippen LogP contribution in [-0.2, 0) is 0 Å². The van der Waals surface area contributed by atoms with Gasteiger partial charge >= 0.3 is 0 Å². The topological polar surface area (TPSA) is 25.8 Å². The van der Waals surface area contributed by atoms with Crippen LogP contribution in [0.1, 0.15) is 17.9 Å². The molecule has 1 aromatic rings. The summed E-state index contributed by atoms with van der Waals surface area (Å²) in [4.78, 5) is 7.13. The molecule has 0 aromatic carbocycles. The van der Waals surface area contributed by atoms with Gasteiger partial charge in [0, 0.05) is 6.07 Å². The van der Waals surface area contributed by atoms with Crippen molar-refractivity contribution in [3.63, 3.8) is 0 Å². The van der Waals surface area contributed by atoms with Crippen molar-refractivity contribution in [3.05, 3.63) is 22.7 Å². The highest BCUT2D eigenvalue weighted by Crippen LogP contribution is 2.18. The first-order chi connectivity index (χ1) is 5.09. The Morgan fingerprint density at radius 3 is 2.55 bits per heavy atom. The Morgan fingerprint density at radius 2 is 2.09 bits per heavy atom. The number of alkyl halides is 2. The fourth-order valence-corrected chi connectivity index (χ4v) is 0.899. The van der Waals surface area contributed by atoms with Crippen molar-refractivity contribution < 1.29 is 8.78 Å². The minimum Gasteiger partial charge on any atom is -0.232 e. The van der Waals surface area contributed by atoms with Gasteiger partial charge < -0.3 is 0 Å². The van der Waals surface area contributed by atoms with Gasteiger partial charge in [-0.3, -0.25) is 0 Å². The number of hydrogen-bond donors (Lipinski definition) is 0. The number of aryl methyl sites for hydroxylation is 1. The van der Waals surface area contributed by atoms with Crippen LogP contribution in [0.4, 0.5) is 8.78 Å². The van der Waals surface area contributed by atoms with E-state index in [-0.39, 0.29) is 16.7 Å². The smallest absolute Gasteiger partial charge is 0.232 e. The van der Waals surface area contributed by atoms with E-state index in [0.29, 0.717) is 0 Å². The monoisotopic (exact) mass is 178 g/mol. The Bertz CT molecular complexity index is 245. The summed E-state index contributed by atoms with van der Waals surface area (Å²) in [5.41, 5.74) is -0.331. The molecule has 1 heterocycles. The van der Waals surface area contributed by atoms with E-state index in [1.807, 2.05) is 0 Å². The van der Waals surface area contributed by atoms with Crippen molar-refractivity contribution in [1.29, 1.82) is 0 Å². The molecule has 0 unspecified atom stereocenters. The predicted octanol–water partition coefficient (Wildman–Crippen LogP) is 2.38. The molecule has 0 spiro atoms. The lowest BCUT2D eigenvalue weighted by molar-refractivity contribution is 0.145. The van der Waals surface area contributed by atoms with Crippen LogP contribution in [-0.4, -0.2) is 9.97 Å². The van der Waals surface area contributed by atoms with E-state index >= 15 is 0 Å². The number of nitrogens with zero attached hydrogens (tertiary/aromatic N) is 2. The van der Waals surface area contributed by atoms with Crippen molar-refractivity contribution >= 4 is 11.6 Å². The molecule has 0 aliphatic heterocycles. The van der Waals surface area contributed by atoms with E-state index in [4.69, 9.17) is 11.6 Å². The van der Waals surface area contributed by atoms with E-state index in [9.17, 15) is 8.78 Å². The second-order valence-corrected chi connectivity index (χ2v) is 2.35. The van der Waals surface area contributed by atoms with Gasteiger partial charge in [-0.05, 0) is 6.92 Å².